The molecule has 0 aliphatic carbocycles. The van der Waals surface area contributed by atoms with Crippen LogP contribution in [0.5, 0.6) is 0 Å². The molecule has 2 rings (SSSR count). The highest BCUT2D eigenvalue weighted by Gasteiger charge is 2.15. The maximum absolute atomic E-state index is 5.68. The first-order valence-electron chi connectivity index (χ1n) is 3.79. The molecule has 0 aromatic carbocycles. The molecule has 0 saturated heterocycles. The summed E-state index contributed by atoms with van der Waals surface area (Å²) in [5.41, 5.74) is 6.94. The van der Waals surface area contributed by atoms with Crippen LogP contribution in [0.4, 0.5) is 5.95 Å². The smallest absolute Gasteiger partial charge is 0.201 e. The molecule has 1 aliphatic rings. The van der Waals surface area contributed by atoms with Gasteiger partial charge >= 0.3 is 0 Å². The first kappa shape index (κ1) is 7.16. The zero-order valence-corrected chi connectivity index (χ0v) is 7.76. The molecule has 0 radical (unpaired) electrons. The standard InChI is InChI=1S/C7H10BrN3/c8-6-5-3-1-2-4-11(5)7(9)10-6/h1-4H2,(H2,9,10). The average molecular weight is 216 g/mol. The molecule has 0 saturated carbocycles. The van der Waals surface area contributed by atoms with Crippen LogP contribution in [-0.4, -0.2) is 9.55 Å². The SMILES string of the molecule is Nc1nc(Br)c2n1CCCC2. The summed E-state index contributed by atoms with van der Waals surface area (Å²) in [7, 11) is 0. The molecule has 4 heteroatoms. The molecule has 0 bridgehead atoms. The first-order valence-corrected chi connectivity index (χ1v) is 4.58. The van der Waals surface area contributed by atoms with Crippen molar-refractivity contribution >= 4 is 21.9 Å². The van der Waals surface area contributed by atoms with Crippen molar-refractivity contribution in [3.05, 3.63) is 10.3 Å². The van der Waals surface area contributed by atoms with E-state index in [4.69, 9.17) is 5.73 Å². The van der Waals surface area contributed by atoms with Gasteiger partial charge in [-0.2, -0.15) is 0 Å². The number of aromatic nitrogens is 2. The van der Waals surface area contributed by atoms with Crippen molar-refractivity contribution in [2.24, 2.45) is 0 Å². The fraction of sp³-hybridized carbons (Fsp3) is 0.571. The molecule has 0 atom stereocenters. The lowest BCUT2D eigenvalue weighted by Gasteiger charge is -2.14. The Balaban J connectivity index is 2.52. The van der Waals surface area contributed by atoms with Gasteiger partial charge in [0.05, 0.1) is 5.69 Å². The minimum absolute atomic E-state index is 0.645. The predicted octanol–water partition coefficient (Wildman–Crippen LogP) is 1.56. The largest absolute Gasteiger partial charge is 0.369 e. The van der Waals surface area contributed by atoms with Gasteiger partial charge in [0, 0.05) is 6.54 Å². The molecule has 0 spiro atoms. The fourth-order valence-corrected chi connectivity index (χ4v) is 2.12. The van der Waals surface area contributed by atoms with Gasteiger partial charge in [0.25, 0.3) is 0 Å². The molecule has 1 aliphatic heterocycles. The van der Waals surface area contributed by atoms with Gasteiger partial charge in [-0.15, -0.1) is 0 Å². The van der Waals surface area contributed by atoms with Crippen LogP contribution in [0.3, 0.4) is 0 Å². The number of halogens is 1. The minimum atomic E-state index is 0.645. The number of imidazole rings is 1. The summed E-state index contributed by atoms with van der Waals surface area (Å²) < 4.78 is 3.02. The third kappa shape index (κ3) is 1.05. The molecular weight excluding hydrogens is 206 g/mol. The lowest BCUT2D eigenvalue weighted by atomic mass is 10.1. The van der Waals surface area contributed by atoms with E-state index in [0.717, 1.165) is 17.6 Å². The van der Waals surface area contributed by atoms with E-state index in [1.165, 1.54) is 18.5 Å². The second-order valence-electron chi connectivity index (χ2n) is 2.82. The van der Waals surface area contributed by atoms with Crippen LogP contribution < -0.4 is 5.73 Å². The molecule has 60 valence electrons. The first-order chi connectivity index (χ1) is 5.29. The van der Waals surface area contributed by atoms with Crippen molar-refractivity contribution in [3.63, 3.8) is 0 Å². The molecule has 2 N–H and O–H groups in total. The molecule has 11 heavy (non-hydrogen) atoms. The van der Waals surface area contributed by atoms with E-state index < -0.39 is 0 Å². The molecular formula is C7H10BrN3. The van der Waals surface area contributed by atoms with Gasteiger partial charge in [0.15, 0.2) is 0 Å². The van der Waals surface area contributed by atoms with Gasteiger partial charge < -0.3 is 10.3 Å². The molecule has 0 unspecified atom stereocenters. The summed E-state index contributed by atoms with van der Waals surface area (Å²) in [4.78, 5) is 4.15. The monoisotopic (exact) mass is 215 g/mol. The third-order valence-electron chi connectivity index (χ3n) is 2.10. The van der Waals surface area contributed by atoms with E-state index in [2.05, 4.69) is 25.5 Å². The van der Waals surface area contributed by atoms with Crippen LogP contribution in [0.1, 0.15) is 18.5 Å². The van der Waals surface area contributed by atoms with Crippen LogP contribution in [0.25, 0.3) is 0 Å². The van der Waals surface area contributed by atoms with Crippen LogP contribution in [0.15, 0.2) is 4.60 Å². The number of fused-ring (bicyclic) bond motifs is 1. The zero-order chi connectivity index (χ0) is 7.84. The summed E-state index contributed by atoms with van der Waals surface area (Å²) >= 11 is 3.39. The van der Waals surface area contributed by atoms with E-state index >= 15 is 0 Å². The Morgan fingerprint density at radius 3 is 3.00 bits per heavy atom. The summed E-state index contributed by atoms with van der Waals surface area (Å²) in [5, 5.41) is 0. The second kappa shape index (κ2) is 2.52. The van der Waals surface area contributed by atoms with E-state index in [9.17, 15) is 0 Å². The Hall–Kier alpha value is -0.510. The molecule has 0 amide bonds. The Morgan fingerprint density at radius 2 is 2.27 bits per heavy atom. The van der Waals surface area contributed by atoms with E-state index in [-0.39, 0.29) is 0 Å². The predicted molar refractivity (Wildman–Crippen MR) is 47.3 cm³/mol. The van der Waals surface area contributed by atoms with Gasteiger partial charge in [-0.05, 0) is 35.2 Å². The summed E-state index contributed by atoms with van der Waals surface area (Å²) in [6.07, 6.45) is 3.58. The van der Waals surface area contributed by atoms with E-state index in [1.807, 2.05) is 0 Å². The number of hydrogen-bond donors (Lipinski definition) is 1. The van der Waals surface area contributed by atoms with Crippen molar-refractivity contribution in [2.75, 3.05) is 5.73 Å². The highest BCUT2D eigenvalue weighted by Crippen LogP contribution is 2.25. The Labute approximate surface area is 73.7 Å². The van der Waals surface area contributed by atoms with Crippen molar-refractivity contribution in [2.45, 2.75) is 25.8 Å². The lowest BCUT2D eigenvalue weighted by Crippen LogP contribution is -2.12. The van der Waals surface area contributed by atoms with Crippen molar-refractivity contribution in [3.8, 4) is 0 Å². The lowest BCUT2D eigenvalue weighted by molar-refractivity contribution is 0.536. The van der Waals surface area contributed by atoms with Gasteiger partial charge in [-0.3, -0.25) is 0 Å². The van der Waals surface area contributed by atoms with E-state index in [0.29, 0.717) is 5.95 Å². The number of anilines is 1. The van der Waals surface area contributed by atoms with Crippen LogP contribution in [-0.2, 0) is 13.0 Å². The molecule has 3 nitrogen and oxygen atoms in total. The van der Waals surface area contributed by atoms with Gasteiger partial charge in [-0.1, -0.05) is 0 Å². The van der Waals surface area contributed by atoms with Gasteiger partial charge in [0.1, 0.15) is 4.60 Å². The van der Waals surface area contributed by atoms with Gasteiger partial charge in [-0.25, -0.2) is 4.98 Å². The molecule has 0 fully saturated rings. The number of nitrogen functional groups attached to an aromatic ring is 1. The number of hydrogen-bond acceptors (Lipinski definition) is 2. The Morgan fingerprint density at radius 1 is 1.45 bits per heavy atom. The molecule has 1 aromatic rings. The van der Waals surface area contributed by atoms with Crippen molar-refractivity contribution in [1.82, 2.24) is 9.55 Å². The van der Waals surface area contributed by atoms with Crippen LogP contribution >= 0.6 is 15.9 Å². The fourth-order valence-electron chi connectivity index (χ4n) is 1.53. The van der Waals surface area contributed by atoms with Crippen LogP contribution in [0, 0.1) is 0 Å². The van der Waals surface area contributed by atoms with Crippen molar-refractivity contribution < 1.29 is 0 Å². The Kier molecular flexibility index (Phi) is 1.64. The number of nitrogens with two attached hydrogens (primary N) is 1. The van der Waals surface area contributed by atoms with Crippen LogP contribution in [0.2, 0.25) is 0 Å². The zero-order valence-electron chi connectivity index (χ0n) is 6.18. The molecule has 1 aromatic heterocycles. The maximum Gasteiger partial charge on any atom is 0.201 e. The topological polar surface area (TPSA) is 43.8 Å². The summed E-state index contributed by atoms with van der Waals surface area (Å²) in [6, 6.07) is 0. The number of rotatable bonds is 0. The average Bonchev–Trinajstić information content (AvgIpc) is 2.30. The Bertz CT molecular complexity index is 253. The maximum atomic E-state index is 5.68. The molecule has 2 heterocycles. The summed E-state index contributed by atoms with van der Waals surface area (Å²) in [6.45, 7) is 1.03. The quantitative estimate of drug-likeness (QED) is 0.715. The normalized spacial score (nSPS) is 16.5. The third-order valence-corrected chi connectivity index (χ3v) is 2.73. The van der Waals surface area contributed by atoms with Crippen molar-refractivity contribution in [1.29, 1.82) is 0 Å². The van der Waals surface area contributed by atoms with Gasteiger partial charge in [0.2, 0.25) is 5.95 Å². The van der Waals surface area contributed by atoms with E-state index in [1.54, 1.807) is 0 Å². The highest BCUT2D eigenvalue weighted by molar-refractivity contribution is 9.10. The minimum Gasteiger partial charge on any atom is -0.369 e. The second-order valence-corrected chi connectivity index (χ2v) is 3.57. The summed E-state index contributed by atoms with van der Waals surface area (Å²) in [5.74, 6) is 0.645. The highest BCUT2D eigenvalue weighted by atomic mass is 79.9. The number of nitrogens with zero attached hydrogens (tertiary/aromatic N) is 2.